The summed E-state index contributed by atoms with van der Waals surface area (Å²) in [7, 11) is 0. The van der Waals surface area contributed by atoms with Crippen molar-refractivity contribution in [3.8, 4) is 11.3 Å². The Labute approximate surface area is 164 Å². The van der Waals surface area contributed by atoms with Crippen molar-refractivity contribution in [3.05, 3.63) is 78.6 Å². The number of fused-ring (bicyclic) bond motifs is 1. The van der Waals surface area contributed by atoms with Gasteiger partial charge in [0.15, 0.2) is 0 Å². The lowest BCUT2D eigenvalue weighted by atomic mass is 10.0. The van der Waals surface area contributed by atoms with Crippen LogP contribution in [0.15, 0.2) is 73.1 Å². The highest BCUT2D eigenvalue weighted by Crippen LogP contribution is 2.22. The van der Waals surface area contributed by atoms with Crippen molar-refractivity contribution in [3.63, 3.8) is 0 Å². The van der Waals surface area contributed by atoms with E-state index in [1.165, 1.54) is 10.8 Å². The van der Waals surface area contributed by atoms with Gasteiger partial charge in [0.25, 0.3) is 0 Å². The Kier molecular flexibility index (Phi) is 5.15. The lowest BCUT2D eigenvalue weighted by molar-refractivity contribution is -0.116. The van der Waals surface area contributed by atoms with E-state index in [1.807, 2.05) is 41.9 Å². The largest absolute Gasteiger partial charge is 0.311 e. The van der Waals surface area contributed by atoms with Crippen molar-refractivity contribution in [2.45, 2.75) is 26.3 Å². The number of aromatic nitrogens is 3. The van der Waals surface area contributed by atoms with E-state index < -0.39 is 0 Å². The molecule has 1 amide bonds. The summed E-state index contributed by atoms with van der Waals surface area (Å²) in [6.07, 6.45) is 4.61. The second-order valence-electron chi connectivity index (χ2n) is 6.70. The summed E-state index contributed by atoms with van der Waals surface area (Å²) in [4.78, 5) is 16.5. The van der Waals surface area contributed by atoms with Crippen LogP contribution in [0, 0.1) is 0 Å². The molecule has 0 unspecified atom stereocenters. The van der Waals surface area contributed by atoms with Gasteiger partial charge < -0.3 is 5.32 Å². The third kappa shape index (κ3) is 3.93. The smallest absolute Gasteiger partial charge is 0.225 e. The highest BCUT2D eigenvalue weighted by molar-refractivity contribution is 5.91. The number of carbonyl (C=O) groups is 1. The molecule has 0 aliphatic carbocycles. The maximum atomic E-state index is 12.5. The maximum absolute atomic E-state index is 12.5. The number of hydrogen-bond donors (Lipinski definition) is 1. The summed E-state index contributed by atoms with van der Waals surface area (Å²) < 4.78 is 1.81. The van der Waals surface area contributed by atoms with Crippen molar-refractivity contribution < 1.29 is 4.79 Å². The first-order valence-corrected chi connectivity index (χ1v) is 9.48. The third-order valence-corrected chi connectivity index (χ3v) is 4.78. The quantitative estimate of drug-likeness (QED) is 0.536. The molecule has 4 rings (SSSR count). The van der Waals surface area contributed by atoms with E-state index in [-0.39, 0.29) is 5.91 Å². The van der Waals surface area contributed by atoms with Gasteiger partial charge in [-0.25, -0.2) is 4.68 Å². The molecule has 0 fully saturated rings. The second kappa shape index (κ2) is 8.05. The van der Waals surface area contributed by atoms with Crippen LogP contribution in [0.1, 0.15) is 18.9 Å². The van der Waals surface area contributed by atoms with Crippen LogP contribution in [-0.4, -0.2) is 20.7 Å². The van der Waals surface area contributed by atoms with Crippen molar-refractivity contribution in [2.75, 3.05) is 5.32 Å². The Morgan fingerprint density at radius 1 is 1.00 bits per heavy atom. The summed E-state index contributed by atoms with van der Waals surface area (Å²) in [6.45, 7) is 2.69. The van der Waals surface area contributed by atoms with Gasteiger partial charge >= 0.3 is 0 Å². The van der Waals surface area contributed by atoms with E-state index in [0.29, 0.717) is 19.4 Å². The predicted molar refractivity (Wildman–Crippen MR) is 112 cm³/mol. The summed E-state index contributed by atoms with van der Waals surface area (Å²) >= 11 is 0. The Bertz CT molecular complexity index is 1100. The van der Waals surface area contributed by atoms with Gasteiger partial charge in [-0.05, 0) is 41.8 Å². The van der Waals surface area contributed by atoms with Crippen LogP contribution in [0.25, 0.3) is 22.0 Å². The molecule has 140 valence electrons. The minimum absolute atomic E-state index is 0.0102. The summed E-state index contributed by atoms with van der Waals surface area (Å²) in [6, 6.07) is 20.3. The second-order valence-corrected chi connectivity index (χ2v) is 6.70. The summed E-state index contributed by atoms with van der Waals surface area (Å²) in [5.41, 5.74) is 2.97. The van der Waals surface area contributed by atoms with Gasteiger partial charge in [-0.1, -0.05) is 42.5 Å². The maximum Gasteiger partial charge on any atom is 0.225 e. The first kappa shape index (κ1) is 17.9. The number of pyridine rings is 1. The molecule has 2 aromatic carbocycles. The van der Waals surface area contributed by atoms with E-state index in [4.69, 9.17) is 0 Å². The Hall–Kier alpha value is -3.47. The fourth-order valence-corrected chi connectivity index (χ4v) is 3.28. The van der Waals surface area contributed by atoms with E-state index in [1.54, 1.807) is 12.4 Å². The molecule has 5 heteroatoms. The molecule has 0 aliphatic rings. The number of hydrogen-bond acceptors (Lipinski definition) is 3. The average Bonchev–Trinajstić information content (AvgIpc) is 3.15. The van der Waals surface area contributed by atoms with Crippen LogP contribution in [-0.2, 0) is 17.8 Å². The Morgan fingerprint density at radius 3 is 2.57 bits per heavy atom. The lowest BCUT2D eigenvalue weighted by Crippen LogP contribution is -2.15. The number of amides is 1. The van der Waals surface area contributed by atoms with Crippen LogP contribution in [0.4, 0.5) is 5.82 Å². The topological polar surface area (TPSA) is 59.8 Å². The SMILES string of the molecule is CCn1nc(-c2ccncc2)cc1NC(=O)CCc1ccc2ccccc2c1. The number of aryl methyl sites for hydroxylation is 2. The molecule has 2 heterocycles. The van der Waals surface area contributed by atoms with E-state index in [0.717, 1.165) is 22.6 Å². The van der Waals surface area contributed by atoms with Gasteiger partial charge in [0.1, 0.15) is 5.82 Å². The zero-order chi connectivity index (χ0) is 19.3. The average molecular weight is 370 g/mol. The Morgan fingerprint density at radius 2 is 1.79 bits per heavy atom. The molecule has 0 atom stereocenters. The van der Waals surface area contributed by atoms with E-state index in [2.05, 4.69) is 45.7 Å². The number of nitrogens with zero attached hydrogens (tertiary/aromatic N) is 3. The number of carbonyl (C=O) groups excluding carboxylic acids is 1. The number of rotatable bonds is 6. The minimum atomic E-state index is -0.0102. The molecule has 0 aliphatic heterocycles. The van der Waals surface area contributed by atoms with Gasteiger partial charge in [0.05, 0.1) is 5.69 Å². The monoisotopic (exact) mass is 370 g/mol. The van der Waals surface area contributed by atoms with Crippen LogP contribution >= 0.6 is 0 Å². The zero-order valence-electron chi connectivity index (χ0n) is 15.8. The molecule has 0 spiro atoms. The molecule has 0 bridgehead atoms. The molecule has 1 N–H and O–H groups in total. The van der Waals surface area contributed by atoms with Crippen LogP contribution in [0.2, 0.25) is 0 Å². The van der Waals surface area contributed by atoms with Crippen molar-refractivity contribution >= 4 is 22.5 Å². The van der Waals surface area contributed by atoms with Crippen LogP contribution in [0.5, 0.6) is 0 Å². The molecule has 5 nitrogen and oxygen atoms in total. The molecule has 28 heavy (non-hydrogen) atoms. The number of benzene rings is 2. The normalized spacial score (nSPS) is 10.9. The molecule has 0 radical (unpaired) electrons. The highest BCUT2D eigenvalue weighted by atomic mass is 16.1. The summed E-state index contributed by atoms with van der Waals surface area (Å²) in [5.74, 6) is 0.710. The van der Waals surface area contributed by atoms with Crippen LogP contribution in [0.3, 0.4) is 0 Å². The van der Waals surface area contributed by atoms with Crippen molar-refractivity contribution in [2.24, 2.45) is 0 Å². The number of anilines is 1. The van der Waals surface area contributed by atoms with Crippen molar-refractivity contribution in [1.29, 1.82) is 0 Å². The van der Waals surface area contributed by atoms with E-state index >= 15 is 0 Å². The predicted octanol–water partition coefficient (Wildman–Crippen LogP) is 4.69. The molecule has 2 aromatic heterocycles. The molecule has 0 saturated heterocycles. The van der Waals surface area contributed by atoms with Gasteiger partial charge in [-0.2, -0.15) is 5.10 Å². The Balaban J connectivity index is 1.43. The first-order valence-electron chi connectivity index (χ1n) is 9.48. The highest BCUT2D eigenvalue weighted by Gasteiger charge is 2.11. The van der Waals surface area contributed by atoms with Crippen LogP contribution < -0.4 is 5.32 Å². The van der Waals surface area contributed by atoms with Crippen molar-refractivity contribution in [1.82, 2.24) is 14.8 Å². The van der Waals surface area contributed by atoms with Gasteiger partial charge in [-0.3, -0.25) is 9.78 Å². The fraction of sp³-hybridized carbons (Fsp3) is 0.174. The molecular formula is C23H22N4O. The molecule has 4 aromatic rings. The fourth-order valence-electron chi connectivity index (χ4n) is 3.28. The first-order chi connectivity index (χ1) is 13.7. The van der Waals surface area contributed by atoms with Gasteiger partial charge in [-0.15, -0.1) is 0 Å². The number of nitrogens with one attached hydrogen (secondary N) is 1. The lowest BCUT2D eigenvalue weighted by Gasteiger charge is -2.07. The van der Waals surface area contributed by atoms with Gasteiger partial charge in [0.2, 0.25) is 5.91 Å². The molecule has 0 saturated carbocycles. The third-order valence-electron chi connectivity index (χ3n) is 4.78. The zero-order valence-corrected chi connectivity index (χ0v) is 15.8. The van der Waals surface area contributed by atoms with E-state index in [9.17, 15) is 4.79 Å². The standard InChI is InChI=1S/C23H22N4O/c1-2-27-22(16-21(26-27)19-11-13-24-14-12-19)25-23(28)10-8-17-7-9-18-5-3-4-6-20(18)15-17/h3-7,9,11-16H,2,8,10H2,1H3,(H,25,28). The molecular weight excluding hydrogens is 348 g/mol. The minimum Gasteiger partial charge on any atom is -0.311 e. The van der Waals surface area contributed by atoms with Gasteiger partial charge in [0, 0.05) is 37.0 Å². The summed E-state index contributed by atoms with van der Waals surface area (Å²) in [5, 5.41) is 10.00.